The SMILES string of the molecule is C=CC(N)N1CCN(C(N)C=C)CC1. The largest absolute Gasteiger partial charge is 0.312 e. The molecule has 2 unspecified atom stereocenters. The highest BCUT2D eigenvalue weighted by Crippen LogP contribution is 2.05. The molecule has 4 nitrogen and oxygen atoms in total. The first-order chi connectivity index (χ1) is 6.69. The van der Waals surface area contributed by atoms with Gasteiger partial charge in [-0.15, -0.1) is 13.2 Å². The fourth-order valence-electron chi connectivity index (χ4n) is 1.63. The Balaban J connectivity index is 2.38. The normalized spacial score (nSPS) is 24.1. The van der Waals surface area contributed by atoms with Crippen molar-refractivity contribution in [2.24, 2.45) is 11.5 Å². The number of nitrogens with zero attached hydrogens (tertiary/aromatic N) is 2. The van der Waals surface area contributed by atoms with Crippen LogP contribution < -0.4 is 11.5 Å². The Bertz CT molecular complexity index is 174. The van der Waals surface area contributed by atoms with Crippen LogP contribution in [0.1, 0.15) is 0 Å². The van der Waals surface area contributed by atoms with Crippen LogP contribution in [0.5, 0.6) is 0 Å². The Labute approximate surface area is 85.8 Å². The average molecular weight is 196 g/mol. The van der Waals surface area contributed by atoms with E-state index in [-0.39, 0.29) is 12.3 Å². The number of piperazine rings is 1. The van der Waals surface area contributed by atoms with Crippen LogP contribution in [0, 0.1) is 0 Å². The molecule has 1 aliphatic rings. The molecule has 0 amide bonds. The molecule has 0 aromatic heterocycles. The zero-order valence-electron chi connectivity index (χ0n) is 8.60. The zero-order valence-corrected chi connectivity index (χ0v) is 8.60. The van der Waals surface area contributed by atoms with Crippen molar-refractivity contribution in [3.05, 3.63) is 25.3 Å². The second-order valence-corrected chi connectivity index (χ2v) is 3.52. The molecule has 0 saturated carbocycles. The van der Waals surface area contributed by atoms with Crippen LogP contribution >= 0.6 is 0 Å². The predicted molar refractivity (Wildman–Crippen MR) is 59.5 cm³/mol. The highest BCUT2D eigenvalue weighted by molar-refractivity contribution is 4.90. The number of rotatable bonds is 4. The molecule has 0 aliphatic carbocycles. The van der Waals surface area contributed by atoms with Crippen molar-refractivity contribution in [3.63, 3.8) is 0 Å². The van der Waals surface area contributed by atoms with E-state index >= 15 is 0 Å². The van der Waals surface area contributed by atoms with Crippen LogP contribution in [0.25, 0.3) is 0 Å². The van der Waals surface area contributed by atoms with E-state index in [4.69, 9.17) is 11.5 Å². The first-order valence-electron chi connectivity index (χ1n) is 4.93. The van der Waals surface area contributed by atoms with Crippen LogP contribution in [-0.4, -0.2) is 48.3 Å². The molecule has 1 saturated heterocycles. The molecule has 14 heavy (non-hydrogen) atoms. The van der Waals surface area contributed by atoms with E-state index in [1.54, 1.807) is 12.2 Å². The molecule has 0 radical (unpaired) electrons. The van der Waals surface area contributed by atoms with Crippen molar-refractivity contribution < 1.29 is 0 Å². The minimum Gasteiger partial charge on any atom is -0.312 e. The highest BCUT2D eigenvalue weighted by Gasteiger charge is 2.21. The van der Waals surface area contributed by atoms with Gasteiger partial charge in [0.2, 0.25) is 0 Å². The smallest absolute Gasteiger partial charge is 0.0762 e. The van der Waals surface area contributed by atoms with Crippen LogP contribution in [0.4, 0.5) is 0 Å². The molecule has 0 aromatic rings. The number of nitrogens with two attached hydrogens (primary N) is 2. The van der Waals surface area contributed by atoms with Crippen molar-refractivity contribution in [2.75, 3.05) is 26.2 Å². The molecular formula is C10H20N4. The summed E-state index contributed by atoms with van der Waals surface area (Å²) in [6.45, 7) is 11.1. The van der Waals surface area contributed by atoms with E-state index in [0.29, 0.717) is 0 Å². The minimum absolute atomic E-state index is 0.0305. The van der Waals surface area contributed by atoms with Crippen molar-refractivity contribution >= 4 is 0 Å². The molecule has 4 N–H and O–H groups in total. The maximum absolute atomic E-state index is 5.84. The van der Waals surface area contributed by atoms with Crippen LogP contribution in [0.3, 0.4) is 0 Å². The number of hydrogen-bond donors (Lipinski definition) is 2. The van der Waals surface area contributed by atoms with E-state index in [0.717, 1.165) is 26.2 Å². The fourth-order valence-corrected chi connectivity index (χ4v) is 1.63. The molecule has 1 fully saturated rings. The van der Waals surface area contributed by atoms with Gasteiger partial charge in [0.05, 0.1) is 12.3 Å². The lowest BCUT2D eigenvalue weighted by Gasteiger charge is -2.38. The monoisotopic (exact) mass is 196 g/mol. The van der Waals surface area contributed by atoms with Crippen molar-refractivity contribution in [1.29, 1.82) is 0 Å². The molecule has 0 aromatic carbocycles. The maximum Gasteiger partial charge on any atom is 0.0762 e. The van der Waals surface area contributed by atoms with Gasteiger partial charge in [0, 0.05) is 26.2 Å². The quantitative estimate of drug-likeness (QED) is 0.598. The van der Waals surface area contributed by atoms with Gasteiger partial charge in [-0.2, -0.15) is 0 Å². The van der Waals surface area contributed by atoms with E-state index in [1.807, 2.05) is 0 Å². The van der Waals surface area contributed by atoms with Crippen molar-refractivity contribution in [2.45, 2.75) is 12.3 Å². The van der Waals surface area contributed by atoms with Gasteiger partial charge in [-0.05, 0) is 0 Å². The third kappa shape index (κ3) is 2.65. The molecule has 4 heteroatoms. The molecule has 2 atom stereocenters. The van der Waals surface area contributed by atoms with Gasteiger partial charge in [0.1, 0.15) is 0 Å². The first-order valence-corrected chi connectivity index (χ1v) is 4.93. The summed E-state index contributed by atoms with van der Waals surface area (Å²) in [6, 6.07) is 0. The van der Waals surface area contributed by atoms with Gasteiger partial charge in [-0.1, -0.05) is 12.2 Å². The molecule has 1 rings (SSSR count). The summed E-state index contributed by atoms with van der Waals surface area (Å²) in [7, 11) is 0. The second-order valence-electron chi connectivity index (χ2n) is 3.52. The summed E-state index contributed by atoms with van der Waals surface area (Å²) >= 11 is 0. The Morgan fingerprint density at radius 1 is 0.857 bits per heavy atom. The third-order valence-electron chi connectivity index (χ3n) is 2.68. The van der Waals surface area contributed by atoms with E-state index < -0.39 is 0 Å². The lowest BCUT2D eigenvalue weighted by atomic mass is 10.2. The Morgan fingerprint density at radius 2 is 1.14 bits per heavy atom. The van der Waals surface area contributed by atoms with Crippen LogP contribution in [0.15, 0.2) is 25.3 Å². The maximum atomic E-state index is 5.84. The molecule has 1 heterocycles. The van der Waals surface area contributed by atoms with Crippen LogP contribution in [-0.2, 0) is 0 Å². The van der Waals surface area contributed by atoms with Crippen molar-refractivity contribution in [1.82, 2.24) is 9.80 Å². The zero-order chi connectivity index (χ0) is 10.6. The summed E-state index contributed by atoms with van der Waals surface area (Å²) in [4.78, 5) is 4.39. The Morgan fingerprint density at radius 3 is 1.36 bits per heavy atom. The number of hydrogen-bond acceptors (Lipinski definition) is 4. The lowest BCUT2D eigenvalue weighted by Crippen LogP contribution is -2.56. The highest BCUT2D eigenvalue weighted by atomic mass is 15.3. The van der Waals surface area contributed by atoms with Crippen molar-refractivity contribution in [3.8, 4) is 0 Å². The summed E-state index contributed by atoms with van der Waals surface area (Å²) in [6.07, 6.45) is 3.47. The summed E-state index contributed by atoms with van der Waals surface area (Å²) in [5.41, 5.74) is 11.7. The molecular weight excluding hydrogens is 176 g/mol. The Kier molecular flexibility index (Phi) is 4.28. The third-order valence-corrected chi connectivity index (χ3v) is 2.68. The van der Waals surface area contributed by atoms with Gasteiger partial charge in [-0.25, -0.2) is 0 Å². The summed E-state index contributed by atoms with van der Waals surface area (Å²) < 4.78 is 0. The average Bonchev–Trinajstić information content (AvgIpc) is 2.27. The van der Waals surface area contributed by atoms with E-state index in [9.17, 15) is 0 Å². The molecule has 0 bridgehead atoms. The van der Waals surface area contributed by atoms with E-state index in [2.05, 4.69) is 23.0 Å². The first kappa shape index (κ1) is 11.4. The molecule has 0 spiro atoms. The fraction of sp³-hybridized carbons (Fsp3) is 0.600. The van der Waals surface area contributed by atoms with Crippen LogP contribution in [0.2, 0.25) is 0 Å². The van der Waals surface area contributed by atoms with Gasteiger partial charge in [0.15, 0.2) is 0 Å². The summed E-state index contributed by atoms with van der Waals surface area (Å²) in [5, 5.41) is 0. The second kappa shape index (κ2) is 5.26. The lowest BCUT2D eigenvalue weighted by molar-refractivity contribution is 0.0975. The van der Waals surface area contributed by atoms with Gasteiger partial charge >= 0.3 is 0 Å². The topological polar surface area (TPSA) is 58.5 Å². The Hall–Kier alpha value is -0.680. The summed E-state index contributed by atoms with van der Waals surface area (Å²) in [5.74, 6) is 0. The van der Waals surface area contributed by atoms with Gasteiger partial charge in [0.25, 0.3) is 0 Å². The molecule has 1 aliphatic heterocycles. The minimum atomic E-state index is -0.0305. The van der Waals surface area contributed by atoms with E-state index in [1.165, 1.54) is 0 Å². The molecule has 80 valence electrons. The van der Waals surface area contributed by atoms with Gasteiger partial charge in [-0.3, -0.25) is 9.80 Å². The standard InChI is InChI=1S/C10H20N4/c1-3-9(11)13-5-7-14(8-6-13)10(12)4-2/h3-4,9-10H,1-2,5-8,11-12H2. The predicted octanol–water partition coefficient (Wildman–Crippen LogP) is -0.454. The van der Waals surface area contributed by atoms with Gasteiger partial charge < -0.3 is 11.5 Å².